The number of rotatable bonds is 8. The molecule has 3 aromatic rings. The minimum Gasteiger partial charge on any atom is -0.479 e. The average molecular weight is 471 g/mol. The molecular formula is C25H27ClN2O5. The quantitative estimate of drug-likeness (QED) is 0.447. The molecule has 0 fully saturated rings. The lowest BCUT2D eigenvalue weighted by atomic mass is 9.92. The van der Waals surface area contributed by atoms with Gasteiger partial charge in [0.25, 0.3) is 5.91 Å². The van der Waals surface area contributed by atoms with Crippen LogP contribution in [0.5, 0.6) is 0 Å². The molecule has 0 unspecified atom stereocenters. The van der Waals surface area contributed by atoms with Gasteiger partial charge in [-0.15, -0.1) is 0 Å². The number of carboxylic acids is 1. The van der Waals surface area contributed by atoms with E-state index < -0.39 is 24.0 Å². The summed E-state index contributed by atoms with van der Waals surface area (Å²) in [5, 5.41) is 26.4. The second-order valence-corrected chi connectivity index (χ2v) is 9.43. The molecule has 0 spiro atoms. The van der Waals surface area contributed by atoms with E-state index in [4.69, 9.17) is 21.2 Å². The molecule has 3 N–H and O–H groups in total. The summed E-state index contributed by atoms with van der Waals surface area (Å²) in [4.78, 5) is 23.9. The summed E-state index contributed by atoms with van der Waals surface area (Å²) in [6.45, 7) is 5.85. The number of carbonyl (C=O) groups excluding carboxylic acids is 1. The monoisotopic (exact) mass is 470 g/mol. The van der Waals surface area contributed by atoms with Crippen LogP contribution in [0.1, 0.15) is 49.0 Å². The maximum Gasteiger partial charge on any atom is 0.332 e. The Labute approximate surface area is 197 Å². The molecule has 2 atom stereocenters. The lowest BCUT2D eigenvalue weighted by Crippen LogP contribution is -2.40. The van der Waals surface area contributed by atoms with Gasteiger partial charge in [-0.1, -0.05) is 73.9 Å². The Morgan fingerprint density at radius 1 is 1.09 bits per heavy atom. The van der Waals surface area contributed by atoms with Crippen LogP contribution in [0.2, 0.25) is 5.02 Å². The zero-order valence-corrected chi connectivity index (χ0v) is 19.5. The number of aromatic nitrogens is 1. The number of aliphatic hydroxyl groups is 1. The second kappa shape index (κ2) is 10.2. The molecule has 7 nitrogen and oxygen atoms in total. The Kier molecular flexibility index (Phi) is 7.56. The molecule has 0 saturated heterocycles. The predicted molar refractivity (Wildman–Crippen MR) is 125 cm³/mol. The van der Waals surface area contributed by atoms with Crippen molar-refractivity contribution in [3.63, 3.8) is 0 Å². The highest BCUT2D eigenvalue weighted by molar-refractivity contribution is 6.30. The van der Waals surface area contributed by atoms with Crippen LogP contribution in [0.15, 0.2) is 59.1 Å². The van der Waals surface area contributed by atoms with Gasteiger partial charge in [-0.2, -0.15) is 0 Å². The number of carboxylic acid groups (broad SMARTS) is 1. The highest BCUT2D eigenvalue weighted by Gasteiger charge is 2.26. The van der Waals surface area contributed by atoms with Crippen molar-refractivity contribution in [1.29, 1.82) is 0 Å². The Morgan fingerprint density at radius 2 is 1.79 bits per heavy atom. The second-order valence-electron chi connectivity index (χ2n) is 9.00. The SMILES string of the molecule is CC(C)(C)c1cc(C(=O)N[C@H](Cc2ccc(-c3cccc(Cl)c3)cc2)C[C@@H](O)C(=O)O)on1. The summed E-state index contributed by atoms with van der Waals surface area (Å²) in [7, 11) is 0. The maximum atomic E-state index is 12.7. The molecule has 8 heteroatoms. The molecular weight excluding hydrogens is 444 g/mol. The molecule has 1 aromatic heterocycles. The fourth-order valence-corrected chi connectivity index (χ4v) is 3.53. The van der Waals surface area contributed by atoms with E-state index in [1.165, 1.54) is 0 Å². The first-order valence-corrected chi connectivity index (χ1v) is 10.9. The van der Waals surface area contributed by atoms with Crippen LogP contribution in [0.3, 0.4) is 0 Å². The van der Waals surface area contributed by atoms with Crippen LogP contribution in [0.4, 0.5) is 0 Å². The van der Waals surface area contributed by atoms with Crippen molar-refractivity contribution in [3.8, 4) is 11.1 Å². The van der Waals surface area contributed by atoms with Gasteiger partial charge in [-0.3, -0.25) is 4.79 Å². The van der Waals surface area contributed by atoms with Gasteiger partial charge in [-0.05, 0) is 35.2 Å². The number of halogens is 1. The Hall–Kier alpha value is -3.16. The number of benzene rings is 2. The fourth-order valence-electron chi connectivity index (χ4n) is 3.34. The van der Waals surface area contributed by atoms with E-state index in [1.807, 2.05) is 63.2 Å². The number of carbonyl (C=O) groups is 2. The molecule has 0 aliphatic rings. The van der Waals surface area contributed by atoms with Crippen LogP contribution < -0.4 is 5.32 Å². The van der Waals surface area contributed by atoms with E-state index in [9.17, 15) is 14.7 Å². The van der Waals surface area contributed by atoms with Crippen LogP contribution in [-0.4, -0.2) is 39.4 Å². The van der Waals surface area contributed by atoms with Gasteiger partial charge in [0, 0.05) is 29.0 Å². The van der Waals surface area contributed by atoms with Crippen molar-refractivity contribution in [2.75, 3.05) is 0 Å². The number of hydrogen-bond acceptors (Lipinski definition) is 5. The fraction of sp³-hybridized carbons (Fsp3) is 0.320. The molecule has 174 valence electrons. The summed E-state index contributed by atoms with van der Waals surface area (Å²) < 4.78 is 5.18. The average Bonchev–Trinajstić information content (AvgIpc) is 3.25. The van der Waals surface area contributed by atoms with Gasteiger partial charge < -0.3 is 20.1 Å². The molecule has 0 aliphatic carbocycles. The van der Waals surface area contributed by atoms with E-state index in [0.717, 1.165) is 16.7 Å². The molecule has 33 heavy (non-hydrogen) atoms. The van der Waals surface area contributed by atoms with Crippen LogP contribution in [0, 0.1) is 0 Å². The minimum absolute atomic E-state index is 0.0334. The number of nitrogens with zero attached hydrogens (tertiary/aromatic N) is 1. The van der Waals surface area contributed by atoms with Crippen molar-refractivity contribution in [3.05, 3.63) is 76.6 Å². The van der Waals surface area contributed by atoms with Crippen LogP contribution >= 0.6 is 11.6 Å². The van der Waals surface area contributed by atoms with Gasteiger partial charge in [0.15, 0.2) is 6.10 Å². The Bertz CT molecular complexity index is 1120. The highest BCUT2D eigenvalue weighted by Crippen LogP contribution is 2.24. The van der Waals surface area contributed by atoms with E-state index >= 15 is 0 Å². The minimum atomic E-state index is -1.61. The third-order valence-electron chi connectivity index (χ3n) is 5.22. The Morgan fingerprint density at radius 3 is 2.36 bits per heavy atom. The van der Waals surface area contributed by atoms with E-state index in [2.05, 4.69) is 10.5 Å². The topological polar surface area (TPSA) is 113 Å². The summed E-state index contributed by atoms with van der Waals surface area (Å²) in [6, 6.07) is 16.1. The van der Waals surface area contributed by atoms with Gasteiger partial charge >= 0.3 is 5.97 Å². The smallest absolute Gasteiger partial charge is 0.332 e. The number of nitrogens with one attached hydrogen (secondary N) is 1. The molecule has 0 aliphatic heterocycles. The number of aliphatic carboxylic acids is 1. The molecule has 0 bridgehead atoms. The number of amides is 1. The first kappa shape index (κ1) is 24.5. The summed E-state index contributed by atoms with van der Waals surface area (Å²) in [6.07, 6.45) is -1.44. The van der Waals surface area contributed by atoms with E-state index in [1.54, 1.807) is 12.1 Å². The number of aliphatic hydroxyl groups excluding tert-OH is 1. The van der Waals surface area contributed by atoms with E-state index in [-0.39, 0.29) is 17.6 Å². The standard InChI is InChI=1S/C25H27ClN2O5/c1-25(2,3)22-14-21(33-28-22)23(30)27-19(13-20(29)24(31)32)11-15-7-9-16(10-8-15)17-5-4-6-18(26)12-17/h4-10,12,14,19-20,29H,11,13H2,1-3H3,(H,27,30)(H,31,32)/t19-,20-/m1/s1. The normalized spacial score (nSPS) is 13.4. The predicted octanol–water partition coefficient (Wildman–Crippen LogP) is 4.47. The third kappa shape index (κ3) is 6.66. The first-order valence-electron chi connectivity index (χ1n) is 10.6. The molecule has 0 radical (unpaired) electrons. The lowest BCUT2D eigenvalue weighted by molar-refractivity contribution is -0.147. The molecule has 1 amide bonds. The van der Waals surface area contributed by atoms with Gasteiger partial charge in [0.1, 0.15) is 0 Å². The van der Waals surface area contributed by atoms with Crippen molar-refractivity contribution in [1.82, 2.24) is 10.5 Å². The van der Waals surface area contributed by atoms with Crippen molar-refractivity contribution in [2.45, 2.75) is 51.2 Å². The van der Waals surface area contributed by atoms with Crippen molar-refractivity contribution >= 4 is 23.5 Å². The largest absolute Gasteiger partial charge is 0.479 e. The zero-order chi connectivity index (χ0) is 24.2. The third-order valence-corrected chi connectivity index (χ3v) is 5.46. The molecule has 0 saturated carbocycles. The Balaban J connectivity index is 1.75. The zero-order valence-electron chi connectivity index (χ0n) is 18.7. The highest BCUT2D eigenvalue weighted by atomic mass is 35.5. The number of hydrogen-bond donors (Lipinski definition) is 3. The van der Waals surface area contributed by atoms with Crippen LogP contribution in [0.25, 0.3) is 11.1 Å². The van der Waals surface area contributed by atoms with Gasteiger partial charge in [-0.25, -0.2) is 4.79 Å². The van der Waals surface area contributed by atoms with Crippen LogP contribution in [-0.2, 0) is 16.6 Å². The summed E-state index contributed by atoms with van der Waals surface area (Å²) >= 11 is 6.07. The first-order chi connectivity index (χ1) is 15.5. The van der Waals surface area contributed by atoms with Crippen molar-refractivity contribution < 1.29 is 24.3 Å². The van der Waals surface area contributed by atoms with E-state index in [0.29, 0.717) is 17.1 Å². The summed E-state index contributed by atoms with van der Waals surface area (Å²) in [5.74, 6) is -1.83. The lowest BCUT2D eigenvalue weighted by Gasteiger charge is -2.20. The maximum absolute atomic E-state index is 12.7. The summed E-state index contributed by atoms with van der Waals surface area (Å²) in [5.41, 5.74) is 3.16. The molecule has 1 heterocycles. The molecule has 2 aromatic carbocycles. The van der Waals surface area contributed by atoms with Crippen molar-refractivity contribution in [2.24, 2.45) is 0 Å². The van der Waals surface area contributed by atoms with Gasteiger partial charge in [0.05, 0.1) is 5.69 Å². The molecule has 3 rings (SSSR count). The van der Waals surface area contributed by atoms with Gasteiger partial charge in [0.2, 0.25) is 5.76 Å².